The summed E-state index contributed by atoms with van der Waals surface area (Å²) >= 11 is 0. The summed E-state index contributed by atoms with van der Waals surface area (Å²) < 4.78 is 10.3. The van der Waals surface area contributed by atoms with Crippen LogP contribution in [0.1, 0.15) is 31.4 Å². The minimum absolute atomic E-state index is 0.0967. The quantitative estimate of drug-likeness (QED) is 0.637. The average Bonchev–Trinajstić information content (AvgIpc) is 2.53. The molecule has 120 valence electrons. The maximum atomic E-state index is 10.7. The number of aliphatic hydroxyl groups excluding tert-OH is 1. The monoisotopic (exact) mass is 295 g/mol. The van der Waals surface area contributed by atoms with Crippen molar-refractivity contribution in [2.75, 3.05) is 40.5 Å². The summed E-state index contributed by atoms with van der Waals surface area (Å²) in [5.74, 6) is 0. The Balaban J connectivity index is 2.73. The lowest BCUT2D eigenvalue weighted by Crippen LogP contribution is -2.42. The Morgan fingerprint density at radius 2 is 1.71 bits per heavy atom. The maximum absolute atomic E-state index is 10.7. The van der Waals surface area contributed by atoms with Crippen molar-refractivity contribution < 1.29 is 14.6 Å². The number of ether oxygens (including phenoxy) is 2. The Morgan fingerprint density at radius 3 is 2.29 bits per heavy atom. The smallest absolute Gasteiger partial charge is 0.0945 e. The van der Waals surface area contributed by atoms with E-state index < -0.39 is 6.10 Å². The van der Waals surface area contributed by atoms with Gasteiger partial charge in [-0.25, -0.2) is 0 Å². The van der Waals surface area contributed by atoms with Crippen LogP contribution < -0.4 is 0 Å². The molecule has 1 aromatic carbocycles. The molecular formula is C17H29NO3. The standard InChI is InChI=1S/C17H29NO3/c1-4-16(17(19)15-9-6-5-7-10-15)18(12-14-21-3)11-8-13-20-2/h5-7,9-10,16-17,19H,4,8,11-14H2,1-3H3. The fourth-order valence-corrected chi connectivity index (χ4v) is 2.62. The molecule has 4 nitrogen and oxygen atoms in total. The molecule has 0 amide bonds. The summed E-state index contributed by atoms with van der Waals surface area (Å²) in [6.45, 7) is 5.25. The number of rotatable bonds is 11. The number of hydrogen-bond acceptors (Lipinski definition) is 4. The van der Waals surface area contributed by atoms with Gasteiger partial charge in [0.25, 0.3) is 0 Å². The minimum Gasteiger partial charge on any atom is -0.387 e. The molecule has 0 spiro atoms. The van der Waals surface area contributed by atoms with Crippen molar-refractivity contribution in [1.82, 2.24) is 4.90 Å². The molecule has 0 aliphatic heterocycles. The van der Waals surface area contributed by atoms with Gasteiger partial charge in [-0.05, 0) is 18.4 Å². The van der Waals surface area contributed by atoms with Crippen LogP contribution in [-0.2, 0) is 9.47 Å². The van der Waals surface area contributed by atoms with Crippen LogP contribution in [0, 0.1) is 0 Å². The molecule has 0 saturated heterocycles. The zero-order valence-corrected chi connectivity index (χ0v) is 13.5. The van der Waals surface area contributed by atoms with Gasteiger partial charge in [0.2, 0.25) is 0 Å². The first-order valence-electron chi connectivity index (χ1n) is 7.69. The molecule has 0 aromatic heterocycles. The van der Waals surface area contributed by atoms with Crippen LogP contribution in [0.3, 0.4) is 0 Å². The molecular weight excluding hydrogens is 266 g/mol. The molecule has 0 aliphatic rings. The highest BCUT2D eigenvalue weighted by Crippen LogP contribution is 2.23. The molecule has 0 radical (unpaired) electrons. The average molecular weight is 295 g/mol. The van der Waals surface area contributed by atoms with E-state index in [1.165, 1.54) is 0 Å². The van der Waals surface area contributed by atoms with Gasteiger partial charge in [-0.1, -0.05) is 37.3 Å². The largest absolute Gasteiger partial charge is 0.387 e. The lowest BCUT2D eigenvalue weighted by Gasteiger charge is -2.34. The summed E-state index contributed by atoms with van der Waals surface area (Å²) in [6.07, 6.45) is 1.38. The molecule has 21 heavy (non-hydrogen) atoms. The highest BCUT2D eigenvalue weighted by atomic mass is 16.5. The summed E-state index contributed by atoms with van der Waals surface area (Å²) in [7, 11) is 3.43. The van der Waals surface area contributed by atoms with Crippen molar-refractivity contribution in [1.29, 1.82) is 0 Å². The van der Waals surface area contributed by atoms with Crippen molar-refractivity contribution >= 4 is 0 Å². The van der Waals surface area contributed by atoms with E-state index in [9.17, 15) is 5.11 Å². The topological polar surface area (TPSA) is 41.9 Å². The van der Waals surface area contributed by atoms with Gasteiger partial charge in [-0.2, -0.15) is 0 Å². The SMILES string of the molecule is CCC(C(O)c1ccccc1)N(CCCOC)CCOC. The van der Waals surface area contributed by atoms with Crippen molar-refractivity contribution in [2.45, 2.75) is 31.9 Å². The molecule has 2 atom stereocenters. The fraction of sp³-hybridized carbons (Fsp3) is 0.647. The lowest BCUT2D eigenvalue weighted by molar-refractivity contribution is 0.0263. The van der Waals surface area contributed by atoms with Gasteiger partial charge < -0.3 is 14.6 Å². The van der Waals surface area contributed by atoms with E-state index in [-0.39, 0.29) is 6.04 Å². The third kappa shape index (κ3) is 6.14. The first-order valence-corrected chi connectivity index (χ1v) is 7.69. The Bertz CT molecular complexity index is 358. The van der Waals surface area contributed by atoms with Crippen molar-refractivity contribution in [3.63, 3.8) is 0 Å². The van der Waals surface area contributed by atoms with Crippen LogP contribution >= 0.6 is 0 Å². The zero-order chi connectivity index (χ0) is 15.5. The number of nitrogens with zero attached hydrogens (tertiary/aromatic N) is 1. The normalized spacial score (nSPS) is 14.3. The van der Waals surface area contributed by atoms with Crippen LogP contribution in [-0.4, -0.2) is 56.6 Å². The van der Waals surface area contributed by atoms with Gasteiger partial charge in [-0.15, -0.1) is 0 Å². The molecule has 1 N–H and O–H groups in total. The second-order valence-electron chi connectivity index (χ2n) is 5.21. The molecule has 0 fully saturated rings. The summed E-state index contributed by atoms with van der Waals surface area (Å²) in [5.41, 5.74) is 0.971. The van der Waals surface area contributed by atoms with Gasteiger partial charge in [0.1, 0.15) is 0 Å². The Kier molecular flexibility index (Phi) is 9.26. The van der Waals surface area contributed by atoms with Crippen LogP contribution in [0.25, 0.3) is 0 Å². The number of benzene rings is 1. The molecule has 0 aliphatic carbocycles. The van der Waals surface area contributed by atoms with Crippen molar-refractivity contribution in [2.24, 2.45) is 0 Å². The van der Waals surface area contributed by atoms with Gasteiger partial charge >= 0.3 is 0 Å². The number of methoxy groups -OCH3 is 2. The van der Waals surface area contributed by atoms with E-state index in [1.807, 2.05) is 30.3 Å². The third-order valence-electron chi connectivity index (χ3n) is 3.77. The fourth-order valence-electron chi connectivity index (χ4n) is 2.62. The van der Waals surface area contributed by atoms with Gasteiger partial charge in [0, 0.05) is 40.0 Å². The molecule has 2 unspecified atom stereocenters. The van der Waals surface area contributed by atoms with Gasteiger partial charge in [0.05, 0.1) is 12.7 Å². The van der Waals surface area contributed by atoms with E-state index >= 15 is 0 Å². The Hall–Kier alpha value is -0.940. The molecule has 0 saturated carbocycles. The number of hydrogen-bond donors (Lipinski definition) is 1. The second kappa shape index (κ2) is 10.7. The molecule has 4 heteroatoms. The zero-order valence-electron chi connectivity index (χ0n) is 13.5. The summed E-state index contributed by atoms with van der Waals surface area (Å²) in [6, 6.07) is 9.97. The predicted octanol–water partition coefficient (Wildman–Crippen LogP) is 2.48. The second-order valence-corrected chi connectivity index (χ2v) is 5.21. The first kappa shape index (κ1) is 18.1. The van der Waals surface area contributed by atoms with Crippen molar-refractivity contribution in [3.8, 4) is 0 Å². The van der Waals surface area contributed by atoms with E-state index in [1.54, 1.807) is 14.2 Å². The highest BCUT2D eigenvalue weighted by Gasteiger charge is 2.25. The van der Waals surface area contributed by atoms with Crippen LogP contribution in [0.5, 0.6) is 0 Å². The van der Waals surface area contributed by atoms with E-state index in [0.29, 0.717) is 6.61 Å². The summed E-state index contributed by atoms with van der Waals surface area (Å²) in [5, 5.41) is 10.7. The van der Waals surface area contributed by atoms with Gasteiger partial charge in [0.15, 0.2) is 0 Å². The van der Waals surface area contributed by atoms with Crippen LogP contribution in [0.15, 0.2) is 30.3 Å². The summed E-state index contributed by atoms with van der Waals surface area (Å²) in [4.78, 5) is 2.31. The molecule has 0 heterocycles. The Morgan fingerprint density at radius 1 is 1.05 bits per heavy atom. The molecule has 0 bridgehead atoms. The van der Waals surface area contributed by atoms with Crippen LogP contribution in [0.4, 0.5) is 0 Å². The van der Waals surface area contributed by atoms with Crippen molar-refractivity contribution in [3.05, 3.63) is 35.9 Å². The highest BCUT2D eigenvalue weighted by molar-refractivity contribution is 5.18. The van der Waals surface area contributed by atoms with E-state index in [2.05, 4.69) is 11.8 Å². The lowest BCUT2D eigenvalue weighted by atomic mass is 9.98. The van der Waals surface area contributed by atoms with Gasteiger partial charge in [-0.3, -0.25) is 4.90 Å². The molecule has 1 aromatic rings. The minimum atomic E-state index is -0.476. The predicted molar refractivity (Wildman–Crippen MR) is 85.4 cm³/mol. The number of aliphatic hydroxyl groups is 1. The van der Waals surface area contributed by atoms with Crippen LogP contribution in [0.2, 0.25) is 0 Å². The van der Waals surface area contributed by atoms with E-state index in [0.717, 1.165) is 38.1 Å². The maximum Gasteiger partial charge on any atom is 0.0945 e. The molecule has 1 rings (SSSR count). The van der Waals surface area contributed by atoms with E-state index in [4.69, 9.17) is 9.47 Å². The Labute approximate surface area is 128 Å². The first-order chi connectivity index (χ1) is 10.2. The third-order valence-corrected chi connectivity index (χ3v) is 3.77.